The second-order valence-electron chi connectivity index (χ2n) is 8.23. The zero-order valence-electron chi connectivity index (χ0n) is 18.3. The lowest BCUT2D eigenvalue weighted by Gasteiger charge is -2.22. The highest BCUT2D eigenvalue weighted by Crippen LogP contribution is 2.38. The van der Waals surface area contributed by atoms with Crippen molar-refractivity contribution in [2.45, 2.75) is 38.8 Å². The van der Waals surface area contributed by atoms with Crippen molar-refractivity contribution < 1.29 is 0 Å². The van der Waals surface area contributed by atoms with Crippen LogP contribution >= 0.6 is 0 Å². The van der Waals surface area contributed by atoms with E-state index in [0.29, 0.717) is 22.6 Å². The van der Waals surface area contributed by atoms with Crippen LogP contribution in [0.5, 0.6) is 0 Å². The molecule has 1 unspecified atom stereocenters. The normalized spacial score (nSPS) is 14.1. The monoisotopic (exact) mass is 438 g/mol. The van der Waals surface area contributed by atoms with Gasteiger partial charge in [-0.3, -0.25) is 4.79 Å². The number of rotatable bonds is 5. The number of anilines is 2. The second-order valence-corrected chi connectivity index (χ2v) is 8.23. The molecule has 3 N–H and O–H groups in total. The minimum absolute atomic E-state index is 0.0440. The van der Waals surface area contributed by atoms with Gasteiger partial charge in [-0.05, 0) is 43.7 Å². The molecule has 164 valence electrons. The molecule has 1 aliphatic carbocycles. The summed E-state index contributed by atoms with van der Waals surface area (Å²) < 4.78 is 1.87. The van der Waals surface area contributed by atoms with Gasteiger partial charge in [0.25, 0.3) is 5.56 Å². The first-order valence-electron chi connectivity index (χ1n) is 10.7. The van der Waals surface area contributed by atoms with Gasteiger partial charge in [-0.15, -0.1) is 0 Å². The van der Waals surface area contributed by atoms with Gasteiger partial charge in [-0.25, -0.2) is 15.0 Å². The molecule has 0 bridgehead atoms. The molecule has 0 amide bonds. The summed E-state index contributed by atoms with van der Waals surface area (Å²) in [6.07, 6.45) is 6.79. The van der Waals surface area contributed by atoms with Gasteiger partial charge in [0.1, 0.15) is 23.3 Å². The summed E-state index contributed by atoms with van der Waals surface area (Å²) in [5, 5.41) is 14.1. The Labute approximate surface area is 190 Å². The number of hydrogen-bond acceptors (Lipinski definition) is 8. The molecule has 1 aromatic carbocycles. The molecule has 3 heterocycles. The van der Waals surface area contributed by atoms with Crippen LogP contribution in [0.3, 0.4) is 0 Å². The van der Waals surface area contributed by atoms with Crippen molar-refractivity contribution in [3.8, 4) is 17.2 Å². The molecule has 1 aliphatic rings. The Morgan fingerprint density at radius 1 is 1.21 bits per heavy atom. The lowest BCUT2D eigenvalue weighted by atomic mass is 9.99. The summed E-state index contributed by atoms with van der Waals surface area (Å²) in [7, 11) is 0. The Morgan fingerprint density at radius 2 is 1.97 bits per heavy atom. The van der Waals surface area contributed by atoms with E-state index in [1.165, 1.54) is 6.20 Å². The number of nitrogens with one attached hydrogen (secondary N) is 1. The zero-order valence-corrected chi connectivity index (χ0v) is 18.3. The molecular weight excluding hydrogens is 416 g/mol. The Morgan fingerprint density at radius 3 is 2.67 bits per heavy atom. The Hall–Kier alpha value is -4.32. The van der Waals surface area contributed by atoms with E-state index in [4.69, 9.17) is 5.73 Å². The van der Waals surface area contributed by atoms with Gasteiger partial charge in [0.15, 0.2) is 0 Å². The Balaban J connectivity index is 1.66. The minimum Gasteiger partial charge on any atom is -0.368 e. The van der Waals surface area contributed by atoms with Crippen LogP contribution in [0.1, 0.15) is 48.9 Å². The van der Waals surface area contributed by atoms with Gasteiger partial charge in [-0.1, -0.05) is 18.2 Å². The maximum absolute atomic E-state index is 13.8. The molecule has 5 rings (SSSR count). The summed E-state index contributed by atoms with van der Waals surface area (Å²) in [5.41, 5.74) is 8.42. The SMILES string of the molecule is Cc1ncc(-c2cccc3cc(C(C)Nc4nc(N)ncc4C#N)n(C4CC4)c(=O)c23)cn1. The first-order chi connectivity index (χ1) is 16.0. The second kappa shape index (κ2) is 7.98. The smallest absolute Gasteiger partial charge is 0.259 e. The average Bonchev–Trinajstić information content (AvgIpc) is 3.64. The lowest BCUT2D eigenvalue weighted by molar-refractivity contribution is 0.636. The molecule has 1 atom stereocenters. The first kappa shape index (κ1) is 20.6. The summed E-state index contributed by atoms with van der Waals surface area (Å²) in [4.78, 5) is 30.5. The molecule has 0 aliphatic heterocycles. The van der Waals surface area contributed by atoms with Crippen molar-refractivity contribution in [1.29, 1.82) is 5.26 Å². The Bertz CT molecular complexity index is 1470. The molecule has 0 spiro atoms. The van der Waals surface area contributed by atoms with E-state index in [2.05, 4.69) is 31.3 Å². The van der Waals surface area contributed by atoms with E-state index < -0.39 is 0 Å². The van der Waals surface area contributed by atoms with Gasteiger partial charge in [-0.2, -0.15) is 10.2 Å². The third-order valence-corrected chi connectivity index (χ3v) is 5.84. The fourth-order valence-corrected chi connectivity index (χ4v) is 4.08. The van der Waals surface area contributed by atoms with Crippen molar-refractivity contribution in [2.24, 2.45) is 0 Å². The number of nitrogen functional groups attached to an aromatic ring is 1. The van der Waals surface area contributed by atoms with E-state index in [-0.39, 0.29) is 23.6 Å². The van der Waals surface area contributed by atoms with E-state index in [0.717, 1.165) is 35.0 Å². The van der Waals surface area contributed by atoms with E-state index in [9.17, 15) is 10.1 Å². The molecule has 4 aromatic rings. The molecule has 1 fully saturated rings. The Kier molecular flexibility index (Phi) is 4.98. The van der Waals surface area contributed by atoms with Crippen LogP contribution in [-0.2, 0) is 0 Å². The molecule has 1 saturated carbocycles. The number of aryl methyl sites for hydroxylation is 1. The predicted octanol–water partition coefficient (Wildman–Crippen LogP) is 3.52. The molecule has 3 aromatic heterocycles. The van der Waals surface area contributed by atoms with Gasteiger partial charge in [0, 0.05) is 29.7 Å². The van der Waals surface area contributed by atoms with Gasteiger partial charge < -0.3 is 15.6 Å². The number of nitrogens with two attached hydrogens (primary N) is 1. The van der Waals surface area contributed by atoms with Gasteiger partial charge in [0.05, 0.1) is 17.6 Å². The molecule has 9 heteroatoms. The molecule has 0 radical (unpaired) electrons. The number of aromatic nitrogens is 5. The number of nitriles is 1. The quantitative estimate of drug-likeness (QED) is 0.483. The van der Waals surface area contributed by atoms with Crippen molar-refractivity contribution in [2.75, 3.05) is 11.1 Å². The molecule has 33 heavy (non-hydrogen) atoms. The maximum Gasteiger partial charge on any atom is 0.259 e. The van der Waals surface area contributed by atoms with Crippen molar-refractivity contribution >= 4 is 22.5 Å². The van der Waals surface area contributed by atoms with Crippen LogP contribution in [-0.4, -0.2) is 24.5 Å². The highest BCUT2D eigenvalue weighted by molar-refractivity contribution is 5.96. The van der Waals surface area contributed by atoms with E-state index in [1.54, 1.807) is 12.4 Å². The molecular formula is C24H22N8O. The third-order valence-electron chi connectivity index (χ3n) is 5.84. The number of benzene rings is 1. The van der Waals surface area contributed by atoms with E-state index >= 15 is 0 Å². The van der Waals surface area contributed by atoms with Crippen LogP contribution in [0.15, 0.2) is 47.7 Å². The van der Waals surface area contributed by atoms with E-state index in [1.807, 2.05) is 42.7 Å². The summed E-state index contributed by atoms with van der Waals surface area (Å²) in [6, 6.07) is 9.75. The van der Waals surface area contributed by atoms with Crippen LogP contribution in [0.4, 0.5) is 11.8 Å². The van der Waals surface area contributed by atoms with Gasteiger partial charge in [0.2, 0.25) is 5.95 Å². The van der Waals surface area contributed by atoms with Gasteiger partial charge >= 0.3 is 0 Å². The summed E-state index contributed by atoms with van der Waals surface area (Å²) >= 11 is 0. The lowest BCUT2D eigenvalue weighted by Crippen LogP contribution is -2.27. The van der Waals surface area contributed by atoms with Crippen molar-refractivity contribution in [1.82, 2.24) is 24.5 Å². The fraction of sp³-hybridized carbons (Fsp3) is 0.250. The minimum atomic E-state index is -0.296. The average molecular weight is 438 g/mol. The largest absolute Gasteiger partial charge is 0.368 e. The maximum atomic E-state index is 13.8. The molecule has 9 nitrogen and oxygen atoms in total. The van der Waals surface area contributed by atoms with Crippen molar-refractivity contribution in [3.63, 3.8) is 0 Å². The molecule has 0 saturated heterocycles. The van der Waals surface area contributed by atoms with Crippen LogP contribution < -0.4 is 16.6 Å². The number of pyridine rings is 1. The summed E-state index contributed by atoms with van der Waals surface area (Å²) in [5.74, 6) is 1.10. The van der Waals surface area contributed by atoms with Crippen LogP contribution in [0.2, 0.25) is 0 Å². The number of nitrogens with zero attached hydrogens (tertiary/aromatic N) is 6. The van der Waals surface area contributed by atoms with Crippen LogP contribution in [0.25, 0.3) is 21.9 Å². The van der Waals surface area contributed by atoms with Crippen LogP contribution in [0, 0.1) is 18.3 Å². The predicted molar refractivity (Wildman–Crippen MR) is 125 cm³/mol. The zero-order chi connectivity index (χ0) is 23.1. The number of fused-ring (bicyclic) bond motifs is 1. The topological polar surface area (TPSA) is 135 Å². The van der Waals surface area contributed by atoms with Crippen molar-refractivity contribution in [3.05, 3.63) is 70.3 Å². The number of hydrogen-bond donors (Lipinski definition) is 2. The first-order valence-corrected chi connectivity index (χ1v) is 10.7. The highest BCUT2D eigenvalue weighted by Gasteiger charge is 2.30. The summed E-state index contributed by atoms with van der Waals surface area (Å²) in [6.45, 7) is 3.77. The third kappa shape index (κ3) is 3.76. The standard InChI is InChI=1S/C24H22N8O/c1-13(30-22-16(9-25)10-29-24(26)31-22)20-8-15-4-3-5-19(17-11-27-14(2)28-12-17)21(15)23(33)32(20)18-6-7-18/h3-5,8,10-13,18H,6-7H2,1-2H3,(H3,26,29,30,31). The fourth-order valence-electron chi connectivity index (χ4n) is 4.08. The highest BCUT2D eigenvalue weighted by atomic mass is 16.1.